The fraction of sp³-hybridized carbons (Fsp3) is 0.611. The fourth-order valence-corrected chi connectivity index (χ4v) is 5.31. The van der Waals surface area contributed by atoms with Crippen molar-refractivity contribution in [2.24, 2.45) is 11.8 Å². The minimum absolute atomic E-state index is 0.000741. The molecule has 1 aromatic carbocycles. The molecule has 0 spiro atoms. The zero-order chi connectivity index (χ0) is 15.4. The molecule has 1 aliphatic carbocycles. The Hall–Kier alpha value is -1.14. The first kappa shape index (κ1) is 16.2. The summed E-state index contributed by atoms with van der Waals surface area (Å²) in [6.45, 7) is 6.25. The van der Waals surface area contributed by atoms with Crippen molar-refractivity contribution < 1.29 is 4.21 Å². The topological polar surface area (TPSA) is 40.9 Å². The Morgan fingerprint density at radius 1 is 1.33 bits per heavy atom. The normalized spacial score (nSPS) is 27.0. The van der Waals surface area contributed by atoms with Gasteiger partial charge in [0.25, 0.3) is 0 Å². The molecule has 2 rings (SSSR count). The molecule has 1 aromatic rings. The molecule has 21 heavy (non-hydrogen) atoms. The molecule has 1 fully saturated rings. The van der Waals surface area contributed by atoms with Gasteiger partial charge < -0.3 is 0 Å². The maximum atomic E-state index is 13.1. The second-order valence-electron chi connectivity index (χ2n) is 6.31. The van der Waals surface area contributed by atoms with Gasteiger partial charge in [0.2, 0.25) is 0 Å². The van der Waals surface area contributed by atoms with Crippen LogP contribution in [0.4, 0.5) is 0 Å². The van der Waals surface area contributed by atoms with Gasteiger partial charge >= 0.3 is 0 Å². The SMILES string of the molecule is CCCC1CCC(C#N)C(S(=O)c2cc(C)ccc2C)C1. The van der Waals surface area contributed by atoms with Crippen LogP contribution in [-0.2, 0) is 10.8 Å². The van der Waals surface area contributed by atoms with E-state index in [0.29, 0.717) is 5.92 Å². The quantitative estimate of drug-likeness (QED) is 0.820. The fourth-order valence-electron chi connectivity index (χ4n) is 3.35. The Kier molecular flexibility index (Phi) is 5.58. The van der Waals surface area contributed by atoms with Gasteiger partial charge in [0.1, 0.15) is 0 Å². The molecule has 1 aliphatic rings. The lowest BCUT2D eigenvalue weighted by atomic mass is 9.80. The summed E-state index contributed by atoms with van der Waals surface area (Å²) in [7, 11) is -1.07. The first-order valence-electron chi connectivity index (χ1n) is 7.94. The van der Waals surface area contributed by atoms with E-state index in [1.54, 1.807) is 0 Å². The van der Waals surface area contributed by atoms with Crippen molar-refractivity contribution in [3.63, 3.8) is 0 Å². The van der Waals surface area contributed by atoms with E-state index < -0.39 is 10.8 Å². The molecule has 4 unspecified atom stereocenters. The molecule has 0 aliphatic heterocycles. The van der Waals surface area contributed by atoms with E-state index in [1.807, 2.05) is 26.0 Å². The molecule has 0 aromatic heterocycles. The highest BCUT2D eigenvalue weighted by Crippen LogP contribution is 2.36. The number of rotatable bonds is 4. The summed E-state index contributed by atoms with van der Waals surface area (Å²) in [5.41, 5.74) is 2.21. The van der Waals surface area contributed by atoms with Crippen LogP contribution in [0.25, 0.3) is 0 Å². The van der Waals surface area contributed by atoms with Gasteiger partial charge in [0.15, 0.2) is 0 Å². The Balaban J connectivity index is 2.25. The molecule has 2 nitrogen and oxygen atoms in total. The van der Waals surface area contributed by atoms with Crippen LogP contribution in [0.2, 0.25) is 0 Å². The molecule has 0 bridgehead atoms. The van der Waals surface area contributed by atoms with Gasteiger partial charge in [0, 0.05) is 4.90 Å². The standard InChI is InChI=1S/C18H25NOS/c1-4-5-15-8-9-16(12-19)18(11-15)21(20)17-10-13(2)6-7-14(17)3/h6-7,10,15-16,18H,4-5,8-9,11H2,1-3H3. The van der Waals surface area contributed by atoms with Crippen LogP contribution in [0.15, 0.2) is 23.1 Å². The van der Waals surface area contributed by atoms with Crippen LogP contribution >= 0.6 is 0 Å². The van der Waals surface area contributed by atoms with Gasteiger partial charge in [-0.25, -0.2) is 0 Å². The van der Waals surface area contributed by atoms with E-state index in [-0.39, 0.29) is 11.2 Å². The van der Waals surface area contributed by atoms with Gasteiger partial charge in [-0.3, -0.25) is 4.21 Å². The highest BCUT2D eigenvalue weighted by Gasteiger charge is 2.35. The second kappa shape index (κ2) is 7.22. The highest BCUT2D eigenvalue weighted by atomic mass is 32.2. The largest absolute Gasteiger partial charge is 0.254 e. The predicted octanol–water partition coefficient (Wildman–Crippen LogP) is 4.52. The van der Waals surface area contributed by atoms with Crippen molar-refractivity contribution in [2.75, 3.05) is 0 Å². The third-order valence-corrected chi connectivity index (χ3v) is 6.54. The Morgan fingerprint density at radius 3 is 2.76 bits per heavy atom. The van der Waals surface area contributed by atoms with Gasteiger partial charge in [-0.1, -0.05) is 31.9 Å². The van der Waals surface area contributed by atoms with Crippen LogP contribution < -0.4 is 0 Å². The van der Waals surface area contributed by atoms with E-state index in [4.69, 9.17) is 0 Å². The first-order chi connectivity index (χ1) is 10.1. The minimum Gasteiger partial charge on any atom is -0.254 e. The van der Waals surface area contributed by atoms with Gasteiger partial charge in [0.05, 0.1) is 28.0 Å². The molecule has 114 valence electrons. The lowest BCUT2D eigenvalue weighted by Crippen LogP contribution is -2.32. The first-order valence-corrected chi connectivity index (χ1v) is 9.15. The average molecular weight is 303 g/mol. The molecule has 0 radical (unpaired) electrons. The number of nitriles is 1. The summed E-state index contributed by atoms with van der Waals surface area (Å²) in [4.78, 5) is 0.928. The van der Waals surface area contributed by atoms with Crippen molar-refractivity contribution in [3.8, 4) is 6.07 Å². The number of benzene rings is 1. The van der Waals surface area contributed by atoms with Crippen molar-refractivity contribution in [1.82, 2.24) is 0 Å². The summed E-state index contributed by atoms with van der Waals surface area (Å²) in [6, 6.07) is 8.53. The highest BCUT2D eigenvalue weighted by molar-refractivity contribution is 7.85. The van der Waals surface area contributed by atoms with Crippen molar-refractivity contribution >= 4 is 10.8 Å². The molecule has 0 saturated heterocycles. The Bertz CT molecular complexity index is 561. The van der Waals surface area contributed by atoms with Crippen molar-refractivity contribution in [3.05, 3.63) is 29.3 Å². The lowest BCUT2D eigenvalue weighted by Gasteiger charge is -2.32. The lowest BCUT2D eigenvalue weighted by molar-refractivity contribution is 0.303. The molecule has 0 N–H and O–H groups in total. The van der Waals surface area contributed by atoms with Gasteiger partial charge in [-0.15, -0.1) is 0 Å². The van der Waals surface area contributed by atoms with Crippen LogP contribution in [-0.4, -0.2) is 9.46 Å². The zero-order valence-corrected chi connectivity index (χ0v) is 14.1. The number of nitrogens with zero attached hydrogens (tertiary/aromatic N) is 1. The van der Waals surface area contributed by atoms with Crippen molar-refractivity contribution in [2.45, 2.75) is 63.0 Å². The summed E-state index contributed by atoms with van der Waals surface area (Å²) in [5.74, 6) is 0.581. The van der Waals surface area contributed by atoms with E-state index in [0.717, 1.165) is 35.3 Å². The minimum atomic E-state index is -1.07. The second-order valence-corrected chi connectivity index (χ2v) is 7.95. The molecular formula is C18H25NOS. The molecule has 3 heteroatoms. The maximum Gasteiger partial charge on any atom is 0.0668 e. The van der Waals surface area contributed by atoms with E-state index in [9.17, 15) is 9.47 Å². The number of hydrogen-bond acceptors (Lipinski definition) is 2. The summed E-state index contributed by atoms with van der Waals surface area (Å²) in [5, 5.41) is 9.41. The third kappa shape index (κ3) is 3.74. The summed E-state index contributed by atoms with van der Waals surface area (Å²) < 4.78 is 13.1. The third-order valence-electron chi connectivity index (χ3n) is 4.60. The maximum absolute atomic E-state index is 13.1. The van der Waals surface area contributed by atoms with Gasteiger partial charge in [-0.2, -0.15) is 5.26 Å². The van der Waals surface area contributed by atoms with Crippen molar-refractivity contribution in [1.29, 1.82) is 5.26 Å². The summed E-state index contributed by atoms with van der Waals surface area (Å²) in [6.07, 6.45) is 5.32. The Morgan fingerprint density at radius 2 is 2.10 bits per heavy atom. The smallest absolute Gasteiger partial charge is 0.0668 e. The molecule has 1 saturated carbocycles. The number of hydrogen-bond donors (Lipinski definition) is 0. The van der Waals surface area contributed by atoms with Gasteiger partial charge in [-0.05, 0) is 56.2 Å². The van der Waals surface area contributed by atoms with E-state index >= 15 is 0 Å². The van der Waals surface area contributed by atoms with E-state index in [1.165, 1.54) is 12.8 Å². The average Bonchev–Trinajstić information content (AvgIpc) is 2.49. The summed E-state index contributed by atoms with van der Waals surface area (Å²) >= 11 is 0. The van der Waals surface area contributed by atoms with Crippen LogP contribution in [0.1, 0.15) is 50.2 Å². The zero-order valence-electron chi connectivity index (χ0n) is 13.3. The molecule has 0 amide bonds. The van der Waals surface area contributed by atoms with E-state index in [2.05, 4.69) is 19.1 Å². The molecule has 0 heterocycles. The van der Waals surface area contributed by atoms with Crippen LogP contribution in [0, 0.1) is 37.0 Å². The predicted molar refractivity (Wildman–Crippen MR) is 87.5 cm³/mol. The number of aryl methyl sites for hydroxylation is 2. The molecular weight excluding hydrogens is 278 g/mol. The molecule has 4 atom stereocenters. The monoisotopic (exact) mass is 303 g/mol. The van der Waals surface area contributed by atoms with Crippen LogP contribution in [0.3, 0.4) is 0 Å². The Labute approximate surface area is 131 Å². The van der Waals surface area contributed by atoms with Crippen LogP contribution in [0.5, 0.6) is 0 Å².